The zero-order valence-corrected chi connectivity index (χ0v) is 17.9. The lowest BCUT2D eigenvalue weighted by Gasteiger charge is -2.26. The zero-order valence-electron chi connectivity index (χ0n) is 17.9. The van der Waals surface area contributed by atoms with E-state index in [4.69, 9.17) is 4.74 Å². The Balaban J connectivity index is 1.50. The highest BCUT2D eigenvalue weighted by Crippen LogP contribution is 2.23. The molecule has 4 rings (SSSR count). The number of anilines is 1. The van der Waals surface area contributed by atoms with Crippen LogP contribution in [0.5, 0.6) is 5.75 Å². The van der Waals surface area contributed by atoms with E-state index >= 15 is 0 Å². The van der Waals surface area contributed by atoms with Crippen LogP contribution in [0.3, 0.4) is 0 Å². The minimum Gasteiger partial charge on any atom is -0.489 e. The van der Waals surface area contributed by atoms with Crippen LogP contribution in [0.15, 0.2) is 78.4 Å². The molecule has 3 aromatic carbocycles. The van der Waals surface area contributed by atoms with Crippen molar-refractivity contribution in [3.05, 3.63) is 101 Å². The molecule has 0 saturated carbocycles. The minimum absolute atomic E-state index is 0.144. The van der Waals surface area contributed by atoms with Crippen molar-refractivity contribution >= 4 is 29.6 Å². The van der Waals surface area contributed by atoms with Crippen LogP contribution in [0.2, 0.25) is 0 Å². The van der Waals surface area contributed by atoms with Crippen molar-refractivity contribution in [2.75, 3.05) is 4.90 Å². The number of ether oxygens (including phenoxy) is 1. The molecular formula is C26H21FN2O4. The Kier molecular flexibility index (Phi) is 6.31. The molecule has 0 aromatic heterocycles. The Morgan fingerprint density at radius 2 is 1.52 bits per heavy atom. The molecule has 1 aliphatic heterocycles. The molecule has 7 heteroatoms. The first-order valence-corrected chi connectivity index (χ1v) is 10.4. The molecule has 1 aliphatic rings. The van der Waals surface area contributed by atoms with E-state index in [9.17, 15) is 18.8 Å². The summed E-state index contributed by atoms with van der Waals surface area (Å²) < 4.78 is 18.7. The smallest absolute Gasteiger partial charge is 0.335 e. The van der Waals surface area contributed by atoms with Crippen LogP contribution in [-0.4, -0.2) is 17.8 Å². The first kappa shape index (κ1) is 22.0. The number of hydrogen-bond donors (Lipinski definition) is 1. The van der Waals surface area contributed by atoms with Gasteiger partial charge in [-0.2, -0.15) is 0 Å². The molecule has 0 spiro atoms. The van der Waals surface area contributed by atoms with Crippen molar-refractivity contribution < 1.29 is 23.5 Å². The third-order valence-electron chi connectivity index (χ3n) is 5.21. The molecule has 33 heavy (non-hydrogen) atoms. The maximum Gasteiger partial charge on any atom is 0.335 e. The highest BCUT2D eigenvalue weighted by molar-refractivity contribution is 6.39. The monoisotopic (exact) mass is 444 g/mol. The highest BCUT2D eigenvalue weighted by atomic mass is 19.1. The second kappa shape index (κ2) is 9.48. The fourth-order valence-corrected chi connectivity index (χ4v) is 3.35. The first-order chi connectivity index (χ1) is 15.9. The molecule has 0 bridgehead atoms. The number of rotatable bonds is 6. The maximum absolute atomic E-state index is 13.0. The van der Waals surface area contributed by atoms with Crippen molar-refractivity contribution in [3.63, 3.8) is 0 Å². The summed E-state index contributed by atoms with van der Waals surface area (Å²) in [6.07, 6.45) is 2.26. The number of aryl methyl sites for hydroxylation is 1. The van der Waals surface area contributed by atoms with E-state index in [1.165, 1.54) is 18.2 Å². The Bertz CT molecular complexity index is 1220. The van der Waals surface area contributed by atoms with Gasteiger partial charge < -0.3 is 4.74 Å². The summed E-state index contributed by atoms with van der Waals surface area (Å²) in [6, 6.07) is 19.1. The minimum atomic E-state index is -0.782. The van der Waals surface area contributed by atoms with Crippen molar-refractivity contribution in [1.29, 1.82) is 0 Å². The van der Waals surface area contributed by atoms with Crippen molar-refractivity contribution in [2.45, 2.75) is 20.0 Å². The van der Waals surface area contributed by atoms with Gasteiger partial charge in [-0.3, -0.25) is 14.9 Å². The molecule has 1 heterocycles. The van der Waals surface area contributed by atoms with E-state index in [0.29, 0.717) is 17.0 Å². The number of barbiturate groups is 1. The standard InChI is InChI=1S/C26H21FN2O4/c1-2-17-5-11-21(12-6-17)29-25(31)23(24(30)28-26(29)32)15-18-7-13-22(14-8-18)33-16-19-3-9-20(27)10-4-19/h3-15H,2,16H2,1H3,(H,28,30,32)/b23-15-. The number of hydrogen-bond acceptors (Lipinski definition) is 4. The van der Waals surface area contributed by atoms with Gasteiger partial charge in [0.05, 0.1) is 5.69 Å². The van der Waals surface area contributed by atoms with Crippen LogP contribution >= 0.6 is 0 Å². The molecular weight excluding hydrogens is 423 g/mol. The number of carbonyl (C=O) groups excluding carboxylic acids is 3. The Labute approximate surface area is 190 Å². The van der Waals surface area contributed by atoms with Gasteiger partial charge in [-0.1, -0.05) is 43.3 Å². The molecule has 6 nitrogen and oxygen atoms in total. The van der Waals surface area contributed by atoms with Crippen LogP contribution < -0.4 is 15.0 Å². The van der Waals surface area contributed by atoms with Crippen molar-refractivity contribution in [1.82, 2.24) is 5.32 Å². The molecule has 0 radical (unpaired) electrons. The van der Waals surface area contributed by atoms with Crippen LogP contribution in [-0.2, 0) is 22.6 Å². The predicted molar refractivity (Wildman–Crippen MR) is 122 cm³/mol. The lowest BCUT2D eigenvalue weighted by Crippen LogP contribution is -2.54. The van der Waals surface area contributed by atoms with Crippen LogP contribution in [0.1, 0.15) is 23.6 Å². The average molecular weight is 444 g/mol. The van der Waals surface area contributed by atoms with Gasteiger partial charge >= 0.3 is 6.03 Å². The first-order valence-electron chi connectivity index (χ1n) is 10.4. The molecule has 0 atom stereocenters. The number of benzene rings is 3. The SMILES string of the molecule is CCc1ccc(N2C(=O)NC(=O)/C(=C/c3ccc(OCc4ccc(F)cc4)cc3)C2=O)cc1. The number of urea groups is 1. The van der Waals surface area contributed by atoms with Gasteiger partial charge in [0.2, 0.25) is 0 Å². The van der Waals surface area contributed by atoms with Crippen LogP contribution in [0.25, 0.3) is 6.08 Å². The molecule has 166 valence electrons. The van der Waals surface area contributed by atoms with Crippen LogP contribution in [0.4, 0.5) is 14.9 Å². The molecule has 4 amide bonds. The number of imide groups is 2. The molecule has 0 unspecified atom stereocenters. The number of carbonyl (C=O) groups is 3. The average Bonchev–Trinajstić information content (AvgIpc) is 2.82. The highest BCUT2D eigenvalue weighted by Gasteiger charge is 2.36. The fourth-order valence-electron chi connectivity index (χ4n) is 3.35. The van der Waals surface area contributed by atoms with E-state index < -0.39 is 17.8 Å². The normalized spacial score (nSPS) is 15.0. The molecule has 0 aliphatic carbocycles. The number of halogens is 1. The van der Waals surface area contributed by atoms with Gasteiger partial charge in [-0.15, -0.1) is 0 Å². The second-order valence-electron chi connectivity index (χ2n) is 7.46. The van der Waals surface area contributed by atoms with Crippen LogP contribution in [0, 0.1) is 5.82 Å². The Hall–Kier alpha value is -4.26. The van der Waals surface area contributed by atoms with E-state index in [1.807, 2.05) is 19.1 Å². The third kappa shape index (κ3) is 4.98. The molecule has 3 aromatic rings. The van der Waals surface area contributed by atoms with Gasteiger partial charge in [0.1, 0.15) is 23.7 Å². The van der Waals surface area contributed by atoms with Crippen molar-refractivity contribution in [3.8, 4) is 5.75 Å². The van der Waals surface area contributed by atoms with Crippen molar-refractivity contribution in [2.24, 2.45) is 0 Å². The summed E-state index contributed by atoms with van der Waals surface area (Å²) in [5, 5.41) is 2.22. The summed E-state index contributed by atoms with van der Waals surface area (Å²) in [6.45, 7) is 2.28. The summed E-state index contributed by atoms with van der Waals surface area (Å²) in [7, 11) is 0. The molecule has 1 saturated heterocycles. The summed E-state index contributed by atoms with van der Waals surface area (Å²) in [4.78, 5) is 38.6. The number of nitrogens with one attached hydrogen (secondary N) is 1. The number of nitrogens with zero attached hydrogens (tertiary/aromatic N) is 1. The topological polar surface area (TPSA) is 75.7 Å². The van der Waals surface area contributed by atoms with E-state index in [0.717, 1.165) is 22.4 Å². The number of amides is 4. The Morgan fingerprint density at radius 1 is 0.879 bits per heavy atom. The lowest BCUT2D eigenvalue weighted by atomic mass is 10.1. The quantitative estimate of drug-likeness (QED) is 0.444. The van der Waals surface area contributed by atoms with Gasteiger partial charge in [0.15, 0.2) is 0 Å². The van der Waals surface area contributed by atoms with Gasteiger partial charge in [0.25, 0.3) is 11.8 Å². The summed E-state index contributed by atoms with van der Waals surface area (Å²) in [5.41, 5.74) is 2.73. The van der Waals surface area contributed by atoms with E-state index in [2.05, 4.69) is 5.32 Å². The third-order valence-corrected chi connectivity index (χ3v) is 5.21. The largest absolute Gasteiger partial charge is 0.489 e. The summed E-state index contributed by atoms with van der Waals surface area (Å²) in [5.74, 6) is -1.17. The second-order valence-corrected chi connectivity index (χ2v) is 7.46. The molecule has 1 N–H and O–H groups in total. The van der Waals surface area contributed by atoms with E-state index in [-0.39, 0.29) is 18.0 Å². The summed E-state index contributed by atoms with van der Waals surface area (Å²) >= 11 is 0. The maximum atomic E-state index is 13.0. The zero-order chi connectivity index (χ0) is 23.4. The molecule has 1 fully saturated rings. The van der Waals surface area contributed by atoms with Gasteiger partial charge in [0, 0.05) is 0 Å². The van der Waals surface area contributed by atoms with Gasteiger partial charge in [-0.05, 0) is 65.6 Å². The fraction of sp³-hybridized carbons (Fsp3) is 0.115. The van der Waals surface area contributed by atoms with Gasteiger partial charge in [-0.25, -0.2) is 14.1 Å². The lowest BCUT2D eigenvalue weighted by molar-refractivity contribution is -0.122. The Morgan fingerprint density at radius 3 is 2.15 bits per heavy atom. The predicted octanol–water partition coefficient (Wildman–Crippen LogP) is 4.63. The van der Waals surface area contributed by atoms with E-state index in [1.54, 1.807) is 48.5 Å².